The fourth-order valence-electron chi connectivity index (χ4n) is 1.05. The number of nitroso groups, excluding NO2 is 1. The second kappa shape index (κ2) is 3.18. The summed E-state index contributed by atoms with van der Waals surface area (Å²) in [6.07, 6.45) is 1.57. The summed E-state index contributed by atoms with van der Waals surface area (Å²) in [5, 5.41) is 6.38. The Labute approximate surface area is 74.1 Å². The molecule has 4 nitrogen and oxygen atoms in total. The van der Waals surface area contributed by atoms with E-state index >= 15 is 0 Å². The third-order valence-electron chi connectivity index (χ3n) is 1.70. The molecule has 0 atom stereocenters. The highest BCUT2D eigenvalue weighted by atomic mass is 16.5. The molecule has 0 aliphatic carbocycles. The van der Waals surface area contributed by atoms with E-state index in [4.69, 9.17) is 4.52 Å². The minimum absolute atomic E-state index is 0.406. The highest BCUT2D eigenvalue weighted by molar-refractivity contribution is 5.59. The second-order valence-electron chi connectivity index (χ2n) is 2.51. The predicted molar refractivity (Wildman–Crippen MR) is 47.4 cm³/mol. The molecule has 0 fully saturated rings. The number of benzene rings is 1. The van der Waals surface area contributed by atoms with E-state index in [2.05, 4.69) is 10.3 Å². The molecule has 2 aromatic rings. The fraction of sp³-hybridized carbons (Fsp3) is 0. The third kappa shape index (κ3) is 1.46. The van der Waals surface area contributed by atoms with Crippen LogP contribution in [0.25, 0.3) is 11.3 Å². The van der Waals surface area contributed by atoms with E-state index < -0.39 is 0 Å². The highest BCUT2D eigenvalue weighted by Gasteiger charge is 2.00. The van der Waals surface area contributed by atoms with Crippen LogP contribution in [0.4, 0.5) is 5.69 Å². The van der Waals surface area contributed by atoms with Gasteiger partial charge in [0.05, 0.1) is 6.20 Å². The largest absolute Gasteiger partial charge is 0.356 e. The van der Waals surface area contributed by atoms with Gasteiger partial charge in [-0.15, -0.1) is 4.91 Å². The minimum atomic E-state index is 0.406. The Morgan fingerprint density at radius 2 is 1.92 bits per heavy atom. The molecule has 0 bridgehead atoms. The Balaban J connectivity index is 2.38. The van der Waals surface area contributed by atoms with E-state index in [1.807, 2.05) is 0 Å². The second-order valence-corrected chi connectivity index (χ2v) is 2.51. The van der Waals surface area contributed by atoms with Gasteiger partial charge in [-0.25, -0.2) is 0 Å². The van der Waals surface area contributed by atoms with Crippen molar-refractivity contribution in [2.45, 2.75) is 0 Å². The first-order valence-corrected chi connectivity index (χ1v) is 3.74. The van der Waals surface area contributed by atoms with Gasteiger partial charge in [0, 0.05) is 11.6 Å². The van der Waals surface area contributed by atoms with Crippen LogP contribution >= 0.6 is 0 Å². The topological polar surface area (TPSA) is 55.5 Å². The third-order valence-corrected chi connectivity index (χ3v) is 1.70. The molecule has 2 rings (SSSR count). The van der Waals surface area contributed by atoms with E-state index in [-0.39, 0.29) is 0 Å². The zero-order valence-corrected chi connectivity index (χ0v) is 6.68. The summed E-state index contributed by atoms with van der Waals surface area (Å²) in [5.74, 6) is 0.678. The minimum Gasteiger partial charge on any atom is -0.356 e. The lowest BCUT2D eigenvalue weighted by Crippen LogP contribution is -1.71. The van der Waals surface area contributed by atoms with E-state index in [0.29, 0.717) is 11.4 Å². The van der Waals surface area contributed by atoms with E-state index in [9.17, 15) is 4.91 Å². The fourth-order valence-corrected chi connectivity index (χ4v) is 1.05. The van der Waals surface area contributed by atoms with Crippen LogP contribution < -0.4 is 0 Å². The zero-order valence-electron chi connectivity index (χ0n) is 6.68. The molecule has 0 unspecified atom stereocenters. The number of aromatic nitrogens is 1. The van der Waals surface area contributed by atoms with Crippen molar-refractivity contribution < 1.29 is 4.52 Å². The summed E-state index contributed by atoms with van der Waals surface area (Å²) in [6.45, 7) is 0. The maximum Gasteiger partial charge on any atom is 0.166 e. The lowest BCUT2D eigenvalue weighted by molar-refractivity contribution is 0.432. The molecule has 64 valence electrons. The van der Waals surface area contributed by atoms with Crippen molar-refractivity contribution in [3.8, 4) is 11.3 Å². The smallest absolute Gasteiger partial charge is 0.166 e. The van der Waals surface area contributed by atoms with Gasteiger partial charge in [-0.1, -0.05) is 5.16 Å². The molecule has 0 N–H and O–H groups in total. The van der Waals surface area contributed by atoms with E-state index in [1.165, 1.54) is 0 Å². The molecule has 1 aromatic heterocycles. The average molecular weight is 174 g/mol. The van der Waals surface area contributed by atoms with Crippen LogP contribution in [0.2, 0.25) is 0 Å². The van der Waals surface area contributed by atoms with Gasteiger partial charge in [-0.3, -0.25) is 0 Å². The van der Waals surface area contributed by atoms with Gasteiger partial charge in [0.1, 0.15) is 5.69 Å². The van der Waals surface area contributed by atoms with Crippen molar-refractivity contribution >= 4 is 5.69 Å². The van der Waals surface area contributed by atoms with Gasteiger partial charge in [-0.05, 0) is 29.4 Å². The first kappa shape index (κ1) is 7.67. The van der Waals surface area contributed by atoms with Crippen molar-refractivity contribution in [3.63, 3.8) is 0 Å². The van der Waals surface area contributed by atoms with Gasteiger partial charge in [-0.2, -0.15) is 0 Å². The average Bonchev–Trinajstić information content (AvgIpc) is 2.71. The van der Waals surface area contributed by atoms with Gasteiger partial charge in [0.25, 0.3) is 0 Å². The first-order chi connectivity index (χ1) is 6.40. The number of rotatable bonds is 2. The maximum atomic E-state index is 10.1. The van der Waals surface area contributed by atoms with Crippen LogP contribution in [-0.2, 0) is 0 Å². The molecule has 0 spiro atoms. The van der Waals surface area contributed by atoms with Crippen molar-refractivity contribution in [3.05, 3.63) is 41.4 Å². The van der Waals surface area contributed by atoms with Crippen molar-refractivity contribution in [1.29, 1.82) is 0 Å². The summed E-state index contributed by atoms with van der Waals surface area (Å²) < 4.78 is 4.93. The van der Waals surface area contributed by atoms with Gasteiger partial charge in [0.2, 0.25) is 0 Å². The Morgan fingerprint density at radius 1 is 1.15 bits per heavy atom. The predicted octanol–water partition coefficient (Wildman–Crippen LogP) is 2.74. The quantitative estimate of drug-likeness (QED) is 0.657. The molecule has 0 aliphatic rings. The highest BCUT2D eigenvalue weighted by Crippen LogP contribution is 2.21. The van der Waals surface area contributed by atoms with Crippen LogP contribution in [0.15, 0.2) is 46.2 Å². The Hall–Kier alpha value is -1.97. The Kier molecular flexibility index (Phi) is 1.88. The molecule has 0 saturated carbocycles. The number of hydrogen-bond donors (Lipinski definition) is 0. The molecule has 0 amide bonds. The Bertz CT molecular complexity index is 392. The van der Waals surface area contributed by atoms with Crippen molar-refractivity contribution in [2.75, 3.05) is 0 Å². The Morgan fingerprint density at radius 3 is 2.46 bits per heavy atom. The molecule has 13 heavy (non-hydrogen) atoms. The van der Waals surface area contributed by atoms with Crippen LogP contribution in [0.5, 0.6) is 0 Å². The molecule has 0 saturated heterocycles. The standard InChI is InChI=1S/C9H6N2O2/c12-11-8-3-1-7(2-4-8)9-5-6-10-13-9/h1-6H. The normalized spacial score (nSPS) is 9.85. The first-order valence-electron chi connectivity index (χ1n) is 3.74. The molecule has 1 aromatic carbocycles. The van der Waals surface area contributed by atoms with E-state index in [1.54, 1.807) is 36.5 Å². The number of nitrogens with zero attached hydrogens (tertiary/aromatic N) is 2. The summed E-state index contributed by atoms with van der Waals surface area (Å²) in [6, 6.07) is 8.54. The van der Waals surface area contributed by atoms with Gasteiger partial charge < -0.3 is 4.52 Å². The van der Waals surface area contributed by atoms with Gasteiger partial charge >= 0.3 is 0 Å². The monoisotopic (exact) mass is 174 g/mol. The summed E-state index contributed by atoms with van der Waals surface area (Å²) in [5.41, 5.74) is 1.29. The summed E-state index contributed by atoms with van der Waals surface area (Å²) in [7, 11) is 0. The summed E-state index contributed by atoms with van der Waals surface area (Å²) >= 11 is 0. The lowest BCUT2D eigenvalue weighted by atomic mass is 10.1. The van der Waals surface area contributed by atoms with Crippen LogP contribution in [0, 0.1) is 4.91 Å². The van der Waals surface area contributed by atoms with Crippen molar-refractivity contribution in [2.24, 2.45) is 5.18 Å². The summed E-state index contributed by atoms with van der Waals surface area (Å²) in [4.78, 5) is 10.1. The lowest BCUT2D eigenvalue weighted by Gasteiger charge is -1.93. The van der Waals surface area contributed by atoms with E-state index in [0.717, 1.165) is 5.56 Å². The van der Waals surface area contributed by atoms with Crippen LogP contribution in [0.1, 0.15) is 0 Å². The number of hydrogen-bond acceptors (Lipinski definition) is 4. The van der Waals surface area contributed by atoms with Crippen LogP contribution in [-0.4, -0.2) is 5.16 Å². The molecule has 0 radical (unpaired) electrons. The molecular formula is C9H6N2O2. The molecular weight excluding hydrogens is 168 g/mol. The molecule has 1 heterocycles. The van der Waals surface area contributed by atoms with Gasteiger partial charge in [0.15, 0.2) is 5.76 Å². The zero-order chi connectivity index (χ0) is 9.10. The molecule has 4 heteroatoms. The SMILES string of the molecule is O=Nc1ccc(-c2ccno2)cc1. The molecule has 0 aliphatic heterocycles. The maximum absolute atomic E-state index is 10.1. The van der Waals surface area contributed by atoms with Crippen molar-refractivity contribution in [1.82, 2.24) is 5.16 Å². The van der Waals surface area contributed by atoms with Crippen LogP contribution in [0.3, 0.4) is 0 Å².